The van der Waals surface area contributed by atoms with Crippen molar-refractivity contribution < 1.29 is 14.2 Å². The van der Waals surface area contributed by atoms with Gasteiger partial charge >= 0.3 is 11.8 Å². The van der Waals surface area contributed by atoms with Gasteiger partial charge in [0.05, 0.1) is 30.6 Å². The molecule has 0 atom stereocenters. The molecule has 2 amide bonds. The molecular weight excluding hydrogens is 366 g/mol. The molecule has 0 spiro atoms. The summed E-state index contributed by atoms with van der Waals surface area (Å²) in [6, 6.07) is 18.8. The number of benzene rings is 2. The Morgan fingerprint density at radius 1 is 0.862 bits per heavy atom. The van der Waals surface area contributed by atoms with Crippen LogP contribution in [0.25, 0.3) is 22.4 Å². The number of anilines is 1. The predicted molar refractivity (Wildman–Crippen MR) is 106 cm³/mol. The molecule has 2 aromatic heterocycles. The number of amides is 2. The van der Waals surface area contributed by atoms with E-state index in [1.165, 1.54) is 4.90 Å². The molecule has 1 aliphatic heterocycles. The van der Waals surface area contributed by atoms with Gasteiger partial charge in [0.25, 0.3) is 5.82 Å². The van der Waals surface area contributed by atoms with E-state index in [2.05, 4.69) is 15.4 Å². The average Bonchev–Trinajstić information content (AvgIpc) is 3.37. The molecule has 0 bridgehead atoms. The zero-order valence-corrected chi connectivity index (χ0v) is 15.5. The molecule has 7 heteroatoms. The fourth-order valence-electron chi connectivity index (χ4n) is 3.54. The van der Waals surface area contributed by atoms with Crippen molar-refractivity contribution in [3.8, 4) is 22.4 Å². The van der Waals surface area contributed by atoms with Gasteiger partial charge in [-0.2, -0.15) is 15.4 Å². The maximum atomic E-state index is 13.2. The summed E-state index contributed by atoms with van der Waals surface area (Å²) >= 11 is 0. The number of imide groups is 1. The van der Waals surface area contributed by atoms with Gasteiger partial charge < -0.3 is 0 Å². The zero-order chi connectivity index (χ0) is 20.0. The number of aryl methyl sites for hydroxylation is 1. The average molecular weight is 382 g/mol. The molecule has 0 fully saturated rings. The Morgan fingerprint density at radius 2 is 1.66 bits per heavy atom. The van der Waals surface area contributed by atoms with E-state index < -0.39 is 0 Å². The van der Waals surface area contributed by atoms with E-state index in [0.717, 1.165) is 16.7 Å². The van der Waals surface area contributed by atoms with Gasteiger partial charge in [-0.3, -0.25) is 0 Å². The summed E-state index contributed by atoms with van der Waals surface area (Å²) in [5.74, 6) is -0.172. The van der Waals surface area contributed by atoms with E-state index in [1.807, 2.05) is 55.7 Å². The molecule has 1 N–H and O–H groups in total. The lowest BCUT2D eigenvalue weighted by atomic mass is 10.0. The number of hydrogen-bond acceptors (Lipinski definition) is 4. The summed E-state index contributed by atoms with van der Waals surface area (Å²) in [5.41, 5.74) is 4.02. The van der Waals surface area contributed by atoms with Crippen LogP contribution in [0.3, 0.4) is 0 Å². The van der Waals surface area contributed by atoms with Crippen molar-refractivity contribution in [2.75, 3.05) is 4.90 Å². The Balaban J connectivity index is 1.59. The van der Waals surface area contributed by atoms with Gasteiger partial charge in [0, 0.05) is 11.6 Å². The maximum absolute atomic E-state index is 13.2. The lowest BCUT2D eigenvalue weighted by molar-refractivity contribution is -0.658. The van der Waals surface area contributed by atoms with Gasteiger partial charge in [-0.15, -0.1) is 4.90 Å². The summed E-state index contributed by atoms with van der Waals surface area (Å²) in [4.78, 5) is 27.5. The molecule has 7 nitrogen and oxygen atoms in total. The van der Waals surface area contributed by atoms with Crippen LogP contribution < -0.4 is 9.47 Å². The van der Waals surface area contributed by atoms with Crippen LogP contribution in [0.4, 0.5) is 5.82 Å². The SMILES string of the molecule is C[n+]1ccc(-c2ccccc2)cc1N1C(=O)c2ccc(-c3cn[nH]n3)cc2C1=O. The number of hydrogen-bond donors (Lipinski definition) is 1. The third-order valence-corrected chi connectivity index (χ3v) is 5.06. The zero-order valence-electron chi connectivity index (χ0n) is 15.5. The summed E-state index contributed by atoms with van der Waals surface area (Å²) in [5, 5.41) is 10.4. The molecule has 0 unspecified atom stereocenters. The Bertz CT molecular complexity index is 1250. The number of carbonyl (C=O) groups excluding carboxylic acids is 2. The summed E-state index contributed by atoms with van der Waals surface area (Å²) in [7, 11) is 1.81. The second kappa shape index (κ2) is 6.49. The number of aromatic nitrogens is 4. The van der Waals surface area contributed by atoms with Crippen molar-refractivity contribution in [3.63, 3.8) is 0 Å². The van der Waals surface area contributed by atoms with Crippen LogP contribution >= 0.6 is 0 Å². The normalized spacial score (nSPS) is 13.1. The summed E-state index contributed by atoms with van der Waals surface area (Å²) < 4.78 is 1.77. The van der Waals surface area contributed by atoms with Crippen LogP contribution in [-0.2, 0) is 7.05 Å². The largest absolute Gasteiger partial charge is 0.349 e. The fourth-order valence-corrected chi connectivity index (χ4v) is 3.54. The predicted octanol–water partition coefficient (Wildman–Crippen LogP) is 2.76. The standard InChI is InChI=1S/C22H15N5O2/c1-26-10-9-15(14-5-3-2-4-6-14)12-20(26)27-21(28)17-8-7-16(11-18(17)22(27)29)19-13-23-25-24-19/h2-13H,1H3/p+1. The first kappa shape index (κ1) is 17.0. The number of rotatable bonds is 3. The van der Waals surface area contributed by atoms with Gasteiger partial charge in [0.2, 0.25) is 0 Å². The molecule has 0 radical (unpaired) electrons. The first-order chi connectivity index (χ1) is 14.1. The van der Waals surface area contributed by atoms with Crippen LogP contribution in [0.2, 0.25) is 0 Å². The quantitative estimate of drug-likeness (QED) is 0.436. The van der Waals surface area contributed by atoms with E-state index in [-0.39, 0.29) is 11.8 Å². The van der Waals surface area contributed by atoms with E-state index in [0.29, 0.717) is 22.6 Å². The van der Waals surface area contributed by atoms with Gasteiger partial charge in [0.1, 0.15) is 5.69 Å². The molecule has 0 aliphatic carbocycles. The Hall–Kier alpha value is -4.13. The van der Waals surface area contributed by atoms with Crippen LogP contribution in [-0.4, -0.2) is 27.2 Å². The second-order valence-electron chi connectivity index (χ2n) is 6.81. The highest BCUT2D eigenvalue weighted by atomic mass is 16.2. The van der Waals surface area contributed by atoms with Gasteiger partial charge in [-0.05, 0) is 29.3 Å². The molecular formula is C22H16N5O2+. The van der Waals surface area contributed by atoms with Crippen molar-refractivity contribution in [2.24, 2.45) is 7.05 Å². The molecule has 1 aliphatic rings. The van der Waals surface area contributed by atoms with Crippen molar-refractivity contribution >= 4 is 17.6 Å². The van der Waals surface area contributed by atoms with Gasteiger partial charge in [0.15, 0.2) is 0 Å². The monoisotopic (exact) mass is 382 g/mol. The lowest BCUT2D eigenvalue weighted by Crippen LogP contribution is -2.42. The first-order valence-corrected chi connectivity index (χ1v) is 9.07. The molecule has 140 valence electrons. The number of fused-ring (bicyclic) bond motifs is 1. The number of nitrogens with zero attached hydrogens (tertiary/aromatic N) is 4. The van der Waals surface area contributed by atoms with Gasteiger partial charge in [-0.1, -0.05) is 36.4 Å². The number of aromatic amines is 1. The molecule has 5 rings (SSSR count). The molecule has 0 saturated heterocycles. The summed E-state index contributed by atoms with van der Waals surface area (Å²) in [6.07, 6.45) is 3.42. The van der Waals surface area contributed by atoms with Crippen LogP contribution in [0.5, 0.6) is 0 Å². The number of pyridine rings is 1. The highest BCUT2D eigenvalue weighted by Gasteiger charge is 2.45. The Labute approximate surface area is 166 Å². The van der Waals surface area contributed by atoms with E-state index in [9.17, 15) is 9.59 Å². The molecule has 0 saturated carbocycles. The number of nitrogens with one attached hydrogen (secondary N) is 1. The first-order valence-electron chi connectivity index (χ1n) is 9.07. The van der Waals surface area contributed by atoms with Crippen molar-refractivity contribution in [1.82, 2.24) is 15.4 Å². The molecule has 4 aromatic rings. The minimum atomic E-state index is -0.351. The molecule has 3 heterocycles. The second-order valence-corrected chi connectivity index (χ2v) is 6.81. The minimum absolute atomic E-state index is 0.336. The minimum Gasteiger partial charge on any atom is -0.240 e. The highest BCUT2D eigenvalue weighted by molar-refractivity contribution is 6.34. The van der Waals surface area contributed by atoms with Crippen LogP contribution in [0.15, 0.2) is 73.1 Å². The smallest absolute Gasteiger partial charge is 0.240 e. The highest BCUT2D eigenvalue weighted by Crippen LogP contribution is 2.31. The molecule has 29 heavy (non-hydrogen) atoms. The van der Waals surface area contributed by atoms with E-state index >= 15 is 0 Å². The van der Waals surface area contributed by atoms with Crippen LogP contribution in [0.1, 0.15) is 20.7 Å². The lowest BCUT2D eigenvalue weighted by Gasteiger charge is -2.10. The third-order valence-electron chi connectivity index (χ3n) is 5.06. The third kappa shape index (κ3) is 2.71. The van der Waals surface area contributed by atoms with Crippen molar-refractivity contribution in [3.05, 3.63) is 84.2 Å². The fraction of sp³-hybridized carbons (Fsp3) is 0.0455. The Kier molecular flexibility index (Phi) is 3.80. The van der Waals surface area contributed by atoms with Crippen molar-refractivity contribution in [2.45, 2.75) is 0 Å². The summed E-state index contributed by atoms with van der Waals surface area (Å²) in [6.45, 7) is 0. The van der Waals surface area contributed by atoms with Crippen molar-refractivity contribution in [1.29, 1.82) is 0 Å². The van der Waals surface area contributed by atoms with E-state index in [4.69, 9.17) is 0 Å². The molecule has 2 aromatic carbocycles. The number of carbonyl (C=O) groups is 2. The topological polar surface area (TPSA) is 82.8 Å². The Morgan fingerprint density at radius 3 is 2.41 bits per heavy atom. The van der Waals surface area contributed by atoms with Gasteiger partial charge in [-0.25, -0.2) is 14.2 Å². The maximum Gasteiger partial charge on any atom is 0.349 e. The number of H-pyrrole nitrogens is 1. The van der Waals surface area contributed by atoms with E-state index in [1.54, 1.807) is 29.0 Å². The van der Waals surface area contributed by atoms with Crippen LogP contribution in [0, 0.1) is 0 Å².